The molecule has 0 saturated heterocycles. The van der Waals surface area contributed by atoms with Crippen LogP contribution in [-0.4, -0.2) is 17.0 Å². The zero-order chi connectivity index (χ0) is 12.0. The number of hydrogen-bond donors (Lipinski definition) is 1. The molecular formula is C12H17BrN2O. The van der Waals surface area contributed by atoms with Gasteiger partial charge < -0.3 is 9.88 Å². The maximum absolute atomic E-state index is 11.8. The van der Waals surface area contributed by atoms with Gasteiger partial charge in [0.05, 0.1) is 0 Å². The first-order chi connectivity index (χ1) is 7.69. The number of rotatable bonds is 5. The summed E-state index contributed by atoms with van der Waals surface area (Å²) in [4.78, 5) is 11.8. The van der Waals surface area contributed by atoms with Gasteiger partial charge in [0.25, 0.3) is 5.91 Å². The van der Waals surface area contributed by atoms with Crippen LogP contribution >= 0.6 is 15.9 Å². The quantitative estimate of drug-likeness (QED) is 0.655. The fourth-order valence-corrected chi connectivity index (χ4v) is 1.92. The van der Waals surface area contributed by atoms with E-state index >= 15 is 0 Å². The first-order valence-corrected chi connectivity index (χ1v) is 6.23. The monoisotopic (exact) mass is 284 g/mol. The van der Waals surface area contributed by atoms with Gasteiger partial charge >= 0.3 is 0 Å². The zero-order valence-corrected chi connectivity index (χ0v) is 11.3. The molecule has 0 unspecified atom stereocenters. The van der Waals surface area contributed by atoms with Crippen molar-refractivity contribution >= 4 is 21.8 Å². The Hall–Kier alpha value is -1.03. The summed E-state index contributed by atoms with van der Waals surface area (Å²) in [6.45, 7) is 5.46. The molecule has 16 heavy (non-hydrogen) atoms. The molecule has 0 bridgehead atoms. The van der Waals surface area contributed by atoms with Crippen molar-refractivity contribution in [3.8, 4) is 0 Å². The molecule has 0 saturated carbocycles. The fraction of sp³-hybridized carbons (Fsp3) is 0.417. The molecule has 0 aliphatic rings. The zero-order valence-electron chi connectivity index (χ0n) is 9.66. The number of amides is 1. The Morgan fingerprint density at radius 1 is 1.62 bits per heavy atom. The highest BCUT2D eigenvalue weighted by Gasteiger charge is 2.10. The first kappa shape index (κ1) is 13.0. The number of aryl methyl sites for hydroxylation is 1. The van der Waals surface area contributed by atoms with E-state index in [9.17, 15) is 4.79 Å². The van der Waals surface area contributed by atoms with Gasteiger partial charge in [0.1, 0.15) is 5.69 Å². The lowest BCUT2D eigenvalue weighted by molar-refractivity contribution is 0.0945. The summed E-state index contributed by atoms with van der Waals surface area (Å²) in [6.07, 6.45) is 6.81. The van der Waals surface area contributed by atoms with Crippen molar-refractivity contribution < 1.29 is 4.79 Å². The van der Waals surface area contributed by atoms with Crippen molar-refractivity contribution in [3.05, 3.63) is 34.6 Å². The van der Waals surface area contributed by atoms with Gasteiger partial charge in [-0.2, -0.15) is 0 Å². The summed E-state index contributed by atoms with van der Waals surface area (Å²) in [5.41, 5.74) is 0.704. The fourth-order valence-electron chi connectivity index (χ4n) is 1.45. The third-order valence-electron chi connectivity index (χ3n) is 2.27. The van der Waals surface area contributed by atoms with Crippen molar-refractivity contribution in [2.45, 2.75) is 26.8 Å². The van der Waals surface area contributed by atoms with Crippen molar-refractivity contribution in [1.82, 2.24) is 9.88 Å². The number of hydrogen-bond acceptors (Lipinski definition) is 1. The van der Waals surface area contributed by atoms with E-state index in [1.807, 2.05) is 42.8 Å². The van der Waals surface area contributed by atoms with Crippen LogP contribution in [0.2, 0.25) is 0 Å². The average molecular weight is 285 g/mol. The summed E-state index contributed by atoms with van der Waals surface area (Å²) >= 11 is 3.37. The lowest BCUT2D eigenvalue weighted by Crippen LogP contribution is -2.26. The maximum Gasteiger partial charge on any atom is 0.267 e. The Balaban J connectivity index is 2.58. The number of carbonyl (C=O) groups is 1. The van der Waals surface area contributed by atoms with Crippen LogP contribution < -0.4 is 5.32 Å². The van der Waals surface area contributed by atoms with Gasteiger partial charge in [-0.25, -0.2) is 0 Å². The van der Waals surface area contributed by atoms with Crippen LogP contribution in [0.15, 0.2) is 28.9 Å². The van der Waals surface area contributed by atoms with Crippen molar-refractivity contribution in [2.75, 3.05) is 6.54 Å². The third-order valence-corrected chi connectivity index (χ3v) is 2.70. The van der Waals surface area contributed by atoms with E-state index < -0.39 is 0 Å². The van der Waals surface area contributed by atoms with E-state index in [4.69, 9.17) is 0 Å². The van der Waals surface area contributed by atoms with Gasteiger partial charge in [0.2, 0.25) is 0 Å². The van der Waals surface area contributed by atoms with E-state index in [1.165, 1.54) is 0 Å². The summed E-state index contributed by atoms with van der Waals surface area (Å²) in [5.74, 6) is -0.0166. The number of aromatic nitrogens is 1. The Bertz CT molecular complexity index is 382. The lowest BCUT2D eigenvalue weighted by Gasteiger charge is -2.06. The smallest absolute Gasteiger partial charge is 0.267 e. The summed E-state index contributed by atoms with van der Waals surface area (Å²) < 4.78 is 2.86. The largest absolute Gasteiger partial charge is 0.350 e. The van der Waals surface area contributed by atoms with Crippen molar-refractivity contribution in [2.24, 2.45) is 0 Å². The molecule has 0 spiro atoms. The average Bonchev–Trinajstić information content (AvgIpc) is 2.65. The summed E-state index contributed by atoms with van der Waals surface area (Å²) in [6, 6.07) is 1.84. The molecule has 1 amide bonds. The second-order valence-corrected chi connectivity index (χ2v) is 4.36. The number of nitrogens with one attached hydrogen (secondary N) is 1. The molecule has 0 fully saturated rings. The second-order valence-electron chi connectivity index (χ2n) is 3.44. The first-order valence-electron chi connectivity index (χ1n) is 5.44. The van der Waals surface area contributed by atoms with E-state index in [-0.39, 0.29) is 5.91 Å². The van der Waals surface area contributed by atoms with Crippen molar-refractivity contribution in [3.63, 3.8) is 0 Å². The molecule has 1 heterocycles. The Morgan fingerprint density at radius 2 is 2.38 bits per heavy atom. The SMILES string of the molecule is C/C=C/CCNC(=O)c1cc(Br)cn1CC. The topological polar surface area (TPSA) is 34.0 Å². The third kappa shape index (κ3) is 3.52. The second kappa shape index (κ2) is 6.53. The number of allylic oxidation sites excluding steroid dienone is 1. The molecule has 0 aliphatic heterocycles. The molecule has 0 aromatic carbocycles. The molecule has 0 aliphatic carbocycles. The highest BCUT2D eigenvalue weighted by Crippen LogP contribution is 2.14. The Labute approximate surface area is 105 Å². The van der Waals surface area contributed by atoms with E-state index in [1.54, 1.807) is 0 Å². The molecular weight excluding hydrogens is 268 g/mol. The van der Waals surface area contributed by atoms with Crippen LogP contribution in [0, 0.1) is 0 Å². The van der Waals surface area contributed by atoms with Gasteiger partial charge in [0, 0.05) is 23.8 Å². The van der Waals surface area contributed by atoms with Crippen LogP contribution in [0.25, 0.3) is 0 Å². The molecule has 1 N–H and O–H groups in total. The number of carbonyl (C=O) groups excluding carboxylic acids is 1. The maximum atomic E-state index is 11.8. The van der Waals surface area contributed by atoms with E-state index in [2.05, 4.69) is 21.2 Å². The standard InChI is InChI=1S/C12H17BrN2O/c1-3-5-6-7-14-12(16)11-8-10(13)9-15(11)4-2/h3,5,8-9H,4,6-7H2,1-2H3,(H,14,16)/b5-3+. The molecule has 1 aromatic rings. The lowest BCUT2D eigenvalue weighted by atomic mass is 10.3. The summed E-state index contributed by atoms with van der Waals surface area (Å²) in [7, 11) is 0. The van der Waals surface area contributed by atoms with Crippen LogP contribution in [0.4, 0.5) is 0 Å². The van der Waals surface area contributed by atoms with Crippen LogP contribution in [0.1, 0.15) is 30.8 Å². The highest BCUT2D eigenvalue weighted by molar-refractivity contribution is 9.10. The van der Waals surface area contributed by atoms with Crippen LogP contribution in [0.3, 0.4) is 0 Å². The molecule has 1 rings (SSSR count). The highest BCUT2D eigenvalue weighted by atomic mass is 79.9. The van der Waals surface area contributed by atoms with Gasteiger partial charge in [-0.1, -0.05) is 12.2 Å². The Kier molecular flexibility index (Phi) is 5.32. The number of nitrogens with zero attached hydrogens (tertiary/aromatic N) is 1. The molecule has 0 atom stereocenters. The molecule has 4 heteroatoms. The normalized spacial score (nSPS) is 10.9. The van der Waals surface area contributed by atoms with Gasteiger partial charge in [-0.05, 0) is 42.3 Å². The minimum atomic E-state index is -0.0166. The predicted octanol–water partition coefficient (Wildman–Crippen LogP) is 2.97. The van der Waals surface area contributed by atoms with Gasteiger partial charge in [0.15, 0.2) is 0 Å². The van der Waals surface area contributed by atoms with Crippen LogP contribution in [0.5, 0.6) is 0 Å². The predicted molar refractivity (Wildman–Crippen MR) is 69.6 cm³/mol. The Morgan fingerprint density at radius 3 is 3.00 bits per heavy atom. The molecule has 0 radical (unpaired) electrons. The van der Waals surface area contributed by atoms with Crippen molar-refractivity contribution in [1.29, 1.82) is 0 Å². The van der Waals surface area contributed by atoms with E-state index in [0.29, 0.717) is 12.2 Å². The van der Waals surface area contributed by atoms with Gasteiger partial charge in [-0.15, -0.1) is 0 Å². The van der Waals surface area contributed by atoms with Gasteiger partial charge in [-0.3, -0.25) is 4.79 Å². The van der Waals surface area contributed by atoms with Crippen LogP contribution in [-0.2, 0) is 6.54 Å². The van der Waals surface area contributed by atoms with E-state index in [0.717, 1.165) is 17.4 Å². The number of halogens is 1. The molecule has 3 nitrogen and oxygen atoms in total. The molecule has 1 aromatic heterocycles. The minimum Gasteiger partial charge on any atom is -0.350 e. The minimum absolute atomic E-state index is 0.0166. The molecule has 88 valence electrons. The summed E-state index contributed by atoms with van der Waals surface area (Å²) in [5, 5.41) is 2.89.